The fourth-order valence-corrected chi connectivity index (χ4v) is 3.39. The highest BCUT2D eigenvalue weighted by atomic mass is 16.6. The number of nitrogens with zero attached hydrogens (tertiary/aromatic N) is 1. The number of nitrogens with one attached hydrogen (secondary N) is 1. The Morgan fingerprint density at radius 3 is 2.06 bits per heavy atom. The lowest BCUT2D eigenvalue weighted by atomic mass is 9.96. The molecule has 1 atom stereocenters. The molecule has 8 heteroatoms. The Morgan fingerprint density at radius 1 is 0.970 bits per heavy atom. The SMILES string of the molecule is Cc1ccc(CN(CCO)CCO)c(C[C@@H](CC(=O)OC(C)(C)C)NC(=O)OC(C)(C)C)c1. The number of amides is 1. The standard InChI is InChI=1S/C25H42N2O6/c1-18-8-9-19(17-27(10-12-28)11-13-29)20(14-18)15-21(16-22(30)32-24(2,3)4)26-23(31)33-25(5,6)7/h8-9,14,21,28-29H,10-13,15-17H2,1-7H3,(H,26,31)/t21-/m0/s1. The van der Waals surface area contributed by atoms with Crippen molar-refractivity contribution in [3.63, 3.8) is 0 Å². The Morgan fingerprint density at radius 2 is 1.55 bits per heavy atom. The van der Waals surface area contributed by atoms with Crippen molar-refractivity contribution >= 4 is 12.1 Å². The number of benzene rings is 1. The number of ether oxygens (including phenoxy) is 2. The van der Waals surface area contributed by atoms with Crippen LogP contribution in [0.5, 0.6) is 0 Å². The Hall–Kier alpha value is -2.16. The number of hydrogen-bond donors (Lipinski definition) is 3. The van der Waals surface area contributed by atoms with Crippen LogP contribution in [0, 0.1) is 6.92 Å². The zero-order chi connectivity index (χ0) is 25.2. The van der Waals surface area contributed by atoms with E-state index >= 15 is 0 Å². The summed E-state index contributed by atoms with van der Waals surface area (Å²) in [5.74, 6) is -0.403. The molecule has 0 fully saturated rings. The molecule has 0 radical (unpaired) electrons. The lowest BCUT2D eigenvalue weighted by molar-refractivity contribution is -0.155. The molecule has 0 heterocycles. The molecule has 0 aliphatic carbocycles. The van der Waals surface area contributed by atoms with Crippen molar-refractivity contribution < 1.29 is 29.3 Å². The van der Waals surface area contributed by atoms with Gasteiger partial charge in [-0.15, -0.1) is 0 Å². The van der Waals surface area contributed by atoms with Crippen LogP contribution < -0.4 is 5.32 Å². The number of rotatable bonds is 11. The lowest BCUT2D eigenvalue weighted by Gasteiger charge is -2.26. The van der Waals surface area contributed by atoms with E-state index in [-0.39, 0.29) is 19.6 Å². The summed E-state index contributed by atoms with van der Waals surface area (Å²) < 4.78 is 10.9. The first-order chi connectivity index (χ1) is 15.2. The van der Waals surface area contributed by atoms with Crippen molar-refractivity contribution in [3.8, 4) is 0 Å². The summed E-state index contributed by atoms with van der Waals surface area (Å²) >= 11 is 0. The molecule has 0 bridgehead atoms. The molecule has 0 unspecified atom stereocenters. The molecule has 0 saturated heterocycles. The molecule has 0 aliphatic rings. The fourth-order valence-electron chi connectivity index (χ4n) is 3.39. The largest absolute Gasteiger partial charge is 0.460 e. The first kappa shape index (κ1) is 28.9. The van der Waals surface area contributed by atoms with Crippen LogP contribution in [0.3, 0.4) is 0 Å². The predicted octanol–water partition coefficient (Wildman–Crippen LogP) is 2.95. The highest BCUT2D eigenvalue weighted by Gasteiger charge is 2.25. The minimum Gasteiger partial charge on any atom is -0.460 e. The molecule has 8 nitrogen and oxygen atoms in total. The Balaban J connectivity index is 3.14. The molecular weight excluding hydrogens is 424 g/mol. The van der Waals surface area contributed by atoms with Crippen molar-refractivity contribution in [2.24, 2.45) is 0 Å². The van der Waals surface area contributed by atoms with E-state index in [1.54, 1.807) is 41.5 Å². The second kappa shape index (κ2) is 12.9. The summed E-state index contributed by atoms with van der Waals surface area (Å²) in [7, 11) is 0. The molecule has 33 heavy (non-hydrogen) atoms. The topological polar surface area (TPSA) is 108 Å². The summed E-state index contributed by atoms with van der Waals surface area (Å²) in [6.45, 7) is 14.1. The number of carbonyl (C=O) groups excluding carboxylic acids is 2. The van der Waals surface area contributed by atoms with Crippen LogP contribution in [-0.2, 0) is 27.2 Å². The Labute approximate surface area is 198 Å². The fraction of sp³-hybridized carbons (Fsp3) is 0.680. The summed E-state index contributed by atoms with van der Waals surface area (Å²) in [6, 6.07) is 5.51. The molecule has 1 aromatic rings. The zero-order valence-corrected chi connectivity index (χ0v) is 21.2. The van der Waals surface area contributed by atoms with Crippen LogP contribution in [0.1, 0.15) is 64.7 Å². The molecule has 188 valence electrons. The van der Waals surface area contributed by atoms with Crippen molar-refractivity contribution in [1.82, 2.24) is 10.2 Å². The van der Waals surface area contributed by atoms with E-state index in [0.29, 0.717) is 26.1 Å². The molecule has 0 saturated carbocycles. The van der Waals surface area contributed by atoms with Gasteiger partial charge in [-0.05, 0) is 66.0 Å². The van der Waals surface area contributed by atoms with E-state index in [0.717, 1.165) is 16.7 Å². The molecule has 0 aliphatic heterocycles. The quantitative estimate of drug-likeness (QED) is 0.430. The number of esters is 1. The number of aliphatic hydroxyl groups is 2. The van der Waals surface area contributed by atoms with Crippen LogP contribution in [0.25, 0.3) is 0 Å². The third kappa shape index (κ3) is 12.6. The summed E-state index contributed by atoms with van der Waals surface area (Å²) in [5.41, 5.74) is 1.74. The zero-order valence-electron chi connectivity index (χ0n) is 21.2. The van der Waals surface area contributed by atoms with Crippen LogP contribution in [0.4, 0.5) is 4.79 Å². The molecule has 3 N–H and O–H groups in total. The van der Waals surface area contributed by atoms with E-state index < -0.39 is 29.3 Å². The highest BCUT2D eigenvalue weighted by Crippen LogP contribution is 2.19. The first-order valence-electron chi connectivity index (χ1n) is 11.5. The van der Waals surface area contributed by atoms with Gasteiger partial charge < -0.3 is 25.0 Å². The van der Waals surface area contributed by atoms with Gasteiger partial charge in [-0.3, -0.25) is 9.69 Å². The van der Waals surface area contributed by atoms with Gasteiger partial charge >= 0.3 is 12.1 Å². The Bertz CT molecular complexity index is 731. The monoisotopic (exact) mass is 466 g/mol. The maximum atomic E-state index is 12.5. The second-order valence-corrected chi connectivity index (χ2v) is 10.3. The van der Waals surface area contributed by atoms with Crippen LogP contribution in [0.15, 0.2) is 18.2 Å². The number of hydrogen-bond acceptors (Lipinski definition) is 7. The van der Waals surface area contributed by atoms with Crippen LogP contribution >= 0.6 is 0 Å². The smallest absolute Gasteiger partial charge is 0.407 e. The second-order valence-electron chi connectivity index (χ2n) is 10.3. The molecule has 0 aromatic heterocycles. The van der Waals surface area contributed by atoms with Crippen molar-refractivity contribution in [2.45, 2.75) is 85.1 Å². The number of aliphatic hydroxyl groups excluding tert-OH is 2. The van der Waals surface area contributed by atoms with Gasteiger partial charge in [-0.2, -0.15) is 0 Å². The van der Waals surface area contributed by atoms with E-state index in [9.17, 15) is 19.8 Å². The Kier molecular flexibility index (Phi) is 11.3. The van der Waals surface area contributed by atoms with E-state index in [4.69, 9.17) is 9.47 Å². The highest BCUT2D eigenvalue weighted by molar-refractivity contribution is 5.73. The minimum absolute atomic E-state index is 0.000882. The normalized spacial score (nSPS) is 13.0. The van der Waals surface area contributed by atoms with Crippen LogP contribution in [-0.4, -0.2) is 70.7 Å². The number of carbonyl (C=O) groups is 2. The van der Waals surface area contributed by atoms with Crippen molar-refractivity contribution in [1.29, 1.82) is 0 Å². The summed E-state index contributed by atoms with van der Waals surface area (Å²) in [4.78, 5) is 27.0. The lowest BCUT2D eigenvalue weighted by Crippen LogP contribution is -2.42. The average molecular weight is 467 g/mol. The van der Waals surface area contributed by atoms with Gasteiger partial charge in [-0.25, -0.2) is 4.79 Å². The van der Waals surface area contributed by atoms with Crippen LogP contribution in [0.2, 0.25) is 0 Å². The van der Waals surface area contributed by atoms with Gasteiger partial charge in [0.1, 0.15) is 11.2 Å². The molecule has 1 aromatic carbocycles. The maximum absolute atomic E-state index is 12.5. The maximum Gasteiger partial charge on any atom is 0.407 e. The van der Waals surface area contributed by atoms with Crippen molar-refractivity contribution in [3.05, 3.63) is 34.9 Å². The minimum atomic E-state index is -0.663. The third-order valence-corrected chi connectivity index (χ3v) is 4.61. The number of alkyl carbamates (subject to hydrolysis) is 1. The van der Waals surface area contributed by atoms with Gasteiger partial charge in [0, 0.05) is 25.7 Å². The first-order valence-corrected chi connectivity index (χ1v) is 11.5. The van der Waals surface area contributed by atoms with E-state index in [1.165, 1.54) is 0 Å². The van der Waals surface area contributed by atoms with Gasteiger partial charge in [0.25, 0.3) is 0 Å². The van der Waals surface area contributed by atoms with E-state index in [1.807, 2.05) is 30.0 Å². The molecule has 1 rings (SSSR count). The molecule has 0 spiro atoms. The summed E-state index contributed by atoms with van der Waals surface area (Å²) in [6.07, 6.45) is -0.185. The van der Waals surface area contributed by atoms with Gasteiger partial charge in [0.05, 0.1) is 19.6 Å². The number of aryl methyl sites for hydroxylation is 1. The summed E-state index contributed by atoms with van der Waals surface area (Å²) in [5, 5.41) is 21.5. The van der Waals surface area contributed by atoms with Crippen molar-refractivity contribution in [2.75, 3.05) is 26.3 Å². The van der Waals surface area contributed by atoms with Gasteiger partial charge in [0.15, 0.2) is 0 Å². The third-order valence-electron chi connectivity index (χ3n) is 4.61. The van der Waals surface area contributed by atoms with E-state index in [2.05, 4.69) is 5.32 Å². The van der Waals surface area contributed by atoms with Gasteiger partial charge in [0.2, 0.25) is 0 Å². The molecule has 1 amide bonds. The predicted molar refractivity (Wildman–Crippen MR) is 128 cm³/mol. The average Bonchev–Trinajstić information content (AvgIpc) is 2.61. The van der Waals surface area contributed by atoms with Gasteiger partial charge in [-0.1, -0.05) is 23.8 Å². The molecular formula is C25H42N2O6.